The topological polar surface area (TPSA) is 50.7 Å². The molecule has 0 radical (unpaired) electrons. The van der Waals surface area contributed by atoms with Gasteiger partial charge in [0.15, 0.2) is 5.17 Å². The van der Waals surface area contributed by atoms with Crippen molar-refractivity contribution in [2.24, 2.45) is 15.9 Å². The van der Waals surface area contributed by atoms with Crippen molar-refractivity contribution in [3.8, 4) is 0 Å². The molecular weight excluding hydrogens is 218 g/mol. The highest BCUT2D eigenvalue weighted by atomic mass is 35.5. The number of thioether (sulfide) groups is 1. The number of benzene rings is 1. The third-order valence-corrected chi connectivity index (χ3v) is 2.19. The fraction of sp³-hybridized carbons (Fsp3) is 0.111. The zero-order valence-corrected chi connectivity index (χ0v) is 9.22. The normalized spacial score (nSPS) is 12.3. The molecule has 0 aliphatic heterocycles. The van der Waals surface area contributed by atoms with E-state index >= 15 is 0 Å². The molecular formula is C9H10ClN3S. The number of halogens is 1. The van der Waals surface area contributed by atoms with Crippen LogP contribution in [0.2, 0.25) is 5.02 Å². The number of hydrogen-bond donors (Lipinski definition) is 1. The quantitative estimate of drug-likeness (QED) is 0.479. The van der Waals surface area contributed by atoms with Gasteiger partial charge in [-0.15, -0.1) is 5.10 Å². The summed E-state index contributed by atoms with van der Waals surface area (Å²) in [5.41, 5.74) is 6.38. The minimum atomic E-state index is 0.440. The summed E-state index contributed by atoms with van der Waals surface area (Å²) in [5.74, 6) is 0. The molecule has 0 bridgehead atoms. The molecule has 0 aliphatic rings. The van der Waals surface area contributed by atoms with Crippen molar-refractivity contribution >= 4 is 34.7 Å². The lowest BCUT2D eigenvalue weighted by molar-refractivity contribution is 1.25. The zero-order chi connectivity index (χ0) is 10.4. The Morgan fingerprint density at radius 3 is 2.64 bits per heavy atom. The molecule has 2 N–H and O–H groups in total. The van der Waals surface area contributed by atoms with E-state index in [2.05, 4.69) is 10.2 Å². The first-order valence-electron chi connectivity index (χ1n) is 3.88. The molecule has 0 fully saturated rings. The van der Waals surface area contributed by atoms with Crippen LogP contribution in [0.1, 0.15) is 5.56 Å². The van der Waals surface area contributed by atoms with Gasteiger partial charge in [0.25, 0.3) is 0 Å². The number of nitrogens with two attached hydrogens (primary N) is 1. The van der Waals surface area contributed by atoms with Crippen LogP contribution in [0, 0.1) is 0 Å². The summed E-state index contributed by atoms with van der Waals surface area (Å²) in [7, 11) is 0. The minimum Gasteiger partial charge on any atom is -0.377 e. The second-order valence-corrected chi connectivity index (χ2v) is 3.70. The monoisotopic (exact) mass is 227 g/mol. The van der Waals surface area contributed by atoms with Gasteiger partial charge in [0.1, 0.15) is 0 Å². The zero-order valence-electron chi connectivity index (χ0n) is 7.64. The molecule has 0 amide bonds. The van der Waals surface area contributed by atoms with Gasteiger partial charge in [-0.1, -0.05) is 35.5 Å². The summed E-state index contributed by atoms with van der Waals surface area (Å²) >= 11 is 7.08. The van der Waals surface area contributed by atoms with Crippen LogP contribution in [-0.2, 0) is 0 Å². The van der Waals surface area contributed by atoms with E-state index in [0.29, 0.717) is 10.2 Å². The molecule has 0 aliphatic carbocycles. The molecule has 0 heterocycles. The van der Waals surface area contributed by atoms with Gasteiger partial charge in [0.05, 0.1) is 6.21 Å². The third kappa shape index (κ3) is 3.81. The van der Waals surface area contributed by atoms with Gasteiger partial charge in [-0.05, 0) is 24.0 Å². The van der Waals surface area contributed by atoms with E-state index in [1.165, 1.54) is 11.8 Å². The summed E-state index contributed by atoms with van der Waals surface area (Å²) in [6, 6.07) is 7.31. The van der Waals surface area contributed by atoms with E-state index in [1.54, 1.807) is 18.3 Å². The van der Waals surface area contributed by atoms with Gasteiger partial charge in [0, 0.05) is 5.02 Å². The van der Waals surface area contributed by atoms with E-state index in [1.807, 2.05) is 18.4 Å². The van der Waals surface area contributed by atoms with E-state index < -0.39 is 0 Å². The Labute approximate surface area is 92.1 Å². The Balaban J connectivity index is 2.65. The number of rotatable bonds is 2. The molecule has 0 atom stereocenters. The maximum Gasteiger partial charge on any atom is 0.180 e. The van der Waals surface area contributed by atoms with E-state index in [0.717, 1.165) is 5.56 Å². The highest BCUT2D eigenvalue weighted by Crippen LogP contribution is 2.07. The summed E-state index contributed by atoms with van der Waals surface area (Å²) in [6.45, 7) is 0. The van der Waals surface area contributed by atoms with Gasteiger partial charge in [0.2, 0.25) is 0 Å². The van der Waals surface area contributed by atoms with Crippen molar-refractivity contribution in [1.29, 1.82) is 0 Å². The van der Waals surface area contributed by atoms with Crippen LogP contribution in [0.4, 0.5) is 0 Å². The Kier molecular flexibility index (Phi) is 4.49. The highest BCUT2D eigenvalue weighted by molar-refractivity contribution is 8.13. The Morgan fingerprint density at radius 1 is 1.43 bits per heavy atom. The lowest BCUT2D eigenvalue weighted by Crippen LogP contribution is -2.03. The van der Waals surface area contributed by atoms with E-state index in [-0.39, 0.29) is 0 Å². The van der Waals surface area contributed by atoms with Crippen molar-refractivity contribution in [2.75, 3.05) is 6.26 Å². The number of nitrogens with zero attached hydrogens (tertiary/aromatic N) is 2. The molecule has 14 heavy (non-hydrogen) atoms. The van der Waals surface area contributed by atoms with E-state index in [9.17, 15) is 0 Å². The maximum atomic E-state index is 5.72. The van der Waals surface area contributed by atoms with Crippen molar-refractivity contribution in [1.82, 2.24) is 0 Å². The standard InChI is InChI=1S/C9H10ClN3S/c1-14-9(11)13-12-6-7-2-4-8(10)5-3-7/h2-6H,1H3,(H2,11,13)/b12-6-. The average molecular weight is 228 g/mol. The molecule has 0 saturated heterocycles. The maximum absolute atomic E-state index is 5.72. The molecule has 5 heteroatoms. The molecule has 1 rings (SSSR count). The summed E-state index contributed by atoms with van der Waals surface area (Å²) < 4.78 is 0. The summed E-state index contributed by atoms with van der Waals surface area (Å²) in [5, 5.41) is 8.71. The van der Waals surface area contributed by atoms with Crippen molar-refractivity contribution in [3.63, 3.8) is 0 Å². The summed E-state index contributed by atoms with van der Waals surface area (Å²) in [6.07, 6.45) is 3.47. The second-order valence-electron chi connectivity index (χ2n) is 2.44. The Hall–Kier alpha value is -1.00. The van der Waals surface area contributed by atoms with Crippen LogP contribution in [-0.4, -0.2) is 17.6 Å². The van der Waals surface area contributed by atoms with Crippen LogP contribution in [0.5, 0.6) is 0 Å². The number of amidine groups is 1. The molecule has 74 valence electrons. The lowest BCUT2D eigenvalue weighted by atomic mass is 10.2. The van der Waals surface area contributed by atoms with Crippen LogP contribution in [0.25, 0.3) is 0 Å². The smallest absolute Gasteiger partial charge is 0.180 e. The Morgan fingerprint density at radius 2 is 2.07 bits per heavy atom. The molecule has 0 aromatic heterocycles. The summed E-state index contributed by atoms with van der Waals surface area (Å²) in [4.78, 5) is 0. The van der Waals surface area contributed by atoms with Gasteiger partial charge >= 0.3 is 0 Å². The largest absolute Gasteiger partial charge is 0.377 e. The third-order valence-electron chi connectivity index (χ3n) is 1.44. The van der Waals surface area contributed by atoms with Crippen molar-refractivity contribution < 1.29 is 0 Å². The fourth-order valence-electron chi connectivity index (χ4n) is 0.742. The Bertz CT molecular complexity index is 346. The molecule has 1 aromatic rings. The van der Waals surface area contributed by atoms with Gasteiger partial charge < -0.3 is 5.73 Å². The van der Waals surface area contributed by atoms with Gasteiger partial charge in [-0.3, -0.25) is 0 Å². The molecule has 1 aromatic carbocycles. The predicted octanol–water partition coefficient (Wildman–Crippen LogP) is 2.35. The van der Waals surface area contributed by atoms with Crippen LogP contribution in [0.3, 0.4) is 0 Å². The first-order valence-corrected chi connectivity index (χ1v) is 5.48. The molecule has 0 spiro atoms. The van der Waals surface area contributed by atoms with Gasteiger partial charge in [-0.2, -0.15) is 5.10 Å². The fourth-order valence-corrected chi connectivity index (χ4v) is 0.997. The molecule has 0 saturated carbocycles. The SMILES string of the molecule is CS/C(N)=N/N=C\c1ccc(Cl)cc1. The van der Waals surface area contributed by atoms with Crippen LogP contribution >= 0.6 is 23.4 Å². The van der Waals surface area contributed by atoms with Crippen molar-refractivity contribution in [3.05, 3.63) is 34.9 Å². The first-order chi connectivity index (χ1) is 6.72. The second kappa shape index (κ2) is 5.67. The first kappa shape index (κ1) is 11.1. The molecule has 0 unspecified atom stereocenters. The average Bonchev–Trinajstić information content (AvgIpc) is 2.21. The lowest BCUT2D eigenvalue weighted by Gasteiger charge is -1.91. The van der Waals surface area contributed by atoms with Crippen molar-refractivity contribution in [2.45, 2.75) is 0 Å². The highest BCUT2D eigenvalue weighted by Gasteiger charge is 1.88. The predicted molar refractivity (Wildman–Crippen MR) is 64.2 cm³/mol. The molecule has 3 nitrogen and oxygen atoms in total. The van der Waals surface area contributed by atoms with E-state index in [4.69, 9.17) is 17.3 Å². The van der Waals surface area contributed by atoms with Crippen LogP contribution in [0.15, 0.2) is 34.5 Å². The number of hydrogen-bond acceptors (Lipinski definition) is 3. The van der Waals surface area contributed by atoms with Crippen LogP contribution < -0.4 is 5.73 Å². The minimum absolute atomic E-state index is 0.440. The van der Waals surface area contributed by atoms with Gasteiger partial charge in [-0.25, -0.2) is 0 Å².